The summed E-state index contributed by atoms with van der Waals surface area (Å²) in [6.45, 7) is 6.78. The van der Waals surface area contributed by atoms with Gasteiger partial charge in [-0.05, 0) is 43.7 Å². The molecule has 2 heteroatoms. The SMILES string of the molecule is Cc1ccc2cccc(NC3CCCCC3C(C)C)c2n1. The van der Waals surface area contributed by atoms with Gasteiger partial charge in [-0.2, -0.15) is 0 Å². The fourth-order valence-electron chi connectivity index (χ4n) is 3.70. The van der Waals surface area contributed by atoms with E-state index in [0.29, 0.717) is 6.04 Å². The highest BCUT2D eigenvalue weighted by molar-refractivity contribution is 5.90. The molecule has 1 aliphatic carbocycles. The summed E-state index contributed by atoms with van der Waals surface area (Å²) in [5.74, 6) is 1.52. The molecule has 1 fully saturated rings. The standard InChI is InChI=1S/C19H26N2/c1-13(2)16-8-4-5-9-17(16)21-18-10-6-7-15-12-11-14(3)20-19(15)18/h6-7,10-13,16-17,21H,4-5,8-9H2,1-3H3. The van der Waals surface area contributed by atoms with Crippen molar-refractivity contribution < 1.29 is 0 Å². The molecule has 1 saturated carbocycles. The number of para-hydroxylation sites is 1. The average molecular weight is 282 g/mol. The molecule has 0 saturated heterocycles. The van der Waals surface area contributed by atoms with Crippen LogP contribution in [0.15, 0.2) is 30.3 Å². The maximum Gasteiger partial charge on any atom is 0.0936 e. The second-order valence-corrected chi connectivity index (χ2v) is 6.77. The summed E-state index contributed by atoms with van der Waals surface area (Å²) in [5, 5.41) is 5.04. The Kier molecular flexibility index (Phi) is 4.14. The maximum atomic E-state index is 4.75. The topological polar surface area (TPSA) is 24.9 Å². The molecule has 112 valence electrons. The fourth-order valence-corrected chi connectivity index (χ4v) is 3.70. The van der Waals surface area contributed by atoms with Crippen LogP contribution in [-0.4, -0.2) is 11.0 Å². The Morgan fingerprint density at radius 3 is 2.71 bits per heavy atom. The lowest BCUT2D eigenvalue weighted by Gasteiger charge is -2.35. The first-order valence-electron chi connectivity index (χ1n) is 8.28. The molecule has 1 aromatic carbocycles. The Labute approximate surface area is 128 Å². The average Bonchev–Trinajstić information content (AvgIpc) is 2.48. The number of anilines is 1. The van der Waals surface area contributed by atoms with Crippen LogP contribution in [0, 0.1) is 18.8 Å². The van der Waals surface area contributed by atoms with Crippen LogP contribution < -0.4 is 5.32 Å². The van der Waals surface area contributed by atoms with Gasteiger partial charge in [0, 0.05) is 17.1 Å². The number of nitrogens with zero attached hydrogens (tertiary/aromatic N) is 1. The van der Waals surface area contributed by atoms with E-state index in [1.807, 2.05) is 0 Å². The van der Waals surface area contributed by atoms with Crippen molar-refractivity contribution in [1.29, 1.82) is 0 Å². The van der Waals surface area contributed by atoms with Gasteiger partial charge in [0.05, 0.1) is 11.2 Å². The van der Waals surface area contributed by atoms with Crippen molar-refractivity contribution in [3.05, 3.63) is 36.0 Å². The first-order chi connectivity index (χ1) is 10.1. The molecule has 21 heavy (non-hydrogen) atoms. The third-order valence-corrected chi connectivity index (χ3v) is 4.88. The number of aromatic nitrogens is 1. The molecule has 0 bridgehead atoms. The largest absolute Gasteiger partial charge is 0.380 e. The molecule has 3 rings (SSSR count). The van der Waals surface area contributed by atoms with Crippen molar-refractivity contribution in [1.82, 2.24) is 4.98 Å². The van der Waals surface area contributed by atoms with Crippen molar-refractivity contribution in [3.8, 4) is 0 Å². The van der Waals surface area contributed by atoms with Crippen molar-refractivity contribution >= 4 is 16.6 Å². The van der Waals surface area contributed by atoms with Crippen LogP contribution in [-0.2, 0) is 0 Å². The van der Waals surface area contributed by atoms with Crippen molar-refractivity contribution in [2.45, 2.75) is 52.5 Å². The first-order valence-corrected chi connectivity index (χ1v) is 8.28. The van der Waals surface area contributed by atoms with Crippen molar-refractivity contribution in [2.24, 2.45) is 11.8 Å². The first kappa shape index (κ1) is 14.4. The minimum Gasteiger partial charge on any atom is -0.380 e. The van der Waals surface area contributed by atoms with Crippen molar-refractivity contribution in [2.75, 3.05) is 5.32 Å². The van der Waals surface area contributed by atoms with Gasteiger partial charge in [-0.3, -0.25) is 4.98 Å². The molecular formula is C19H26N2. The molecule has 1 aromatic heterocycles. The Morgan fingerprint density at radius 2 is 1.90 bits per heavy atom. The molecular weight excluding hydrogens is 256 g/mol. The molecule has 1 heterocycles. The quantitative estimate of drug-likeness (QED) is 0.840. The molecule has 0 spiro atoms. The van der Waals surface area contributed by atoms with Crippen LogP contribution in [0.5, 0.6) is 0 Å². The van der Waals surface area contributed by atoms with E-state index in [9.17, 15) is 0 Å². The van der Waals surface area contributed by atoms with Gasteiger partial charge in [0.1, 0.15) is 0 Å². The van der Waals surface area contributed by atoms with E-state index in [0.717, 1.165) is 23.0 Å². The number of fused-ring (bicyclic) bond motifs is 1. The highest BCUT2D eigenvalue weighted by Gasteiger charge is 2.27. The van der Waals surface area contributed by atoms with Crippen LogP contribution in [0.4, 0.5) is 5.69 Å². The summed E-state index contributed by atoms with van der Waals surface area (Å²) in [6, 6.07) is 11.3. The van der Waals surface area contributed by atoms with E-state index in [2.05, 4.69) is 56.4 Å². The Morgan fingerprint density at radius 1 is 1.10 bits per heavy atom. The van der Waals surface area contributed by atoms with Gasteiger partial charge >= 0.3 is 0 Å². The molecule has 1 aliphatic rings. The third-order valence-electron chi connectivity index (χ3n) is 4.88. The van der Waals surface area contributed by atoms with Crippen LogP contribution in [0.1, 0.15) is 45.2 Å². The summed E-state index contributed by atoms with van der Waals surface area (Å²) in [7, 11) is 0. The lowest BCUT2D eigenvalue weighted by molar-refractivity contribution is 0.254. The minimum atomic E-state index is 0.590. The zero-order valence-corrected chi connectivity index (χ0v) is 13.4. The molecule has 0 amide bonds. The number of nitrogens with one attached hydrogen (secondary N) is 1. The lowest BCUT2D eigenvalue weighted by Crippen LogP contribution is -2.35. The summed E-state index contributed by atoms with van der Waals surface area (Å²) in [6.07, 6.45) is 5.36. The third kappa shape index (κ3) is 3.04. The Balaban J connectivity index is 1.91. The van der Waals surface area contributed by atoms with Crippen LogP contribution >= 0.6 is 0 Å². The number of rotatable bonds is 3. The molecule has 1 N–H and O–H groups in total. The van der Waals surface area contributed by atoms with Gasteiger partial charge in [-0.15, -0.1) is 0 Å². The second kappa shape index (κ2) is 6.05. The zero-order valence-electron chi connectivity index (χ0n) is 13.4. The van der Waals surface area contributed by atoms with Crippen LogP contribution in [0.2, 0.25) is 0 Å². The fraction of sp³-hybridized carbons (Fsp3) is 0.526. The predicted molar refractivity (Wildman–Crippen MR) is 90.7 cm³/mol. The van der Waals surface area contributed by atoms with Crippen molar-refractivity contribution in [3.63, 3.8) is 0 Å². The van der Waals surface area contributed by atoms with Crippen LogP contribution in [0.25, 0.3) is 10.9 Å². The molecule has 2 unspecified atom stereocenters. The maximum absolute atomic E-state index is 4.75. The molecule has 2 nitrogen and oxygen atoms in total. The highest BCUT2D eigenvalue weighted by atomic mass is 14.9. The summed E-state index contributed by atoms with van der Waals surface area (Å²) in [4.78, 5) is 4.75. The zero-order chi connectivity index (χ0) is 14.8. The van der Waals surface area contributed by atoms with Gasteiger partial charge in [0.25, 0.3) is 0 Å². The summed E-state index contributed by atoms with van der Waals surface area (Å²) >= 11 is 0. The molecule has 2 atom stereocenters. The van der Waals surface area contributed by atoms with Gasteiger partial charge < -0.3 is 5.32 Å². The number of pyridine rings is 1. The normalized spacial score (nSPS) is 22.7. The smallest absolute Gasteiger partial charge is 0.0936 e. The Hall–Kier alpha value is -1.57. The van der Waals surface area contributed by atoms with Gasteiger partial charge in [-0.25, -0.2) is 0 Å². The molecule has 2 aromatic rings. The minimum absolute atomic E-state index is 0.590. The monoisotopic (exact) mass is 282 g/mol. The number of hydrogen-bond acceptors (Lipinski definition) is 2. The van der Waals surface area contributed by atoms with Gasteiger partial charge in [0.15, 0.2) is 0 Å². The number of hydrogen-bond donors (Lipinski definition) is 1. The Bertz CT molecular complexity index is 618. The van der Waals surface area contributed by atoms with E-state index in [-0.39, 0.29) is 0 Å². The van der Waals surface area contributed by atoms with Crippen LogP contribution in [0.3, 0.4) is 0 Å². The van der Waals surface area contributed by atoms with E-state index < -0.39 is 0 Å². The second-order valence-electron chi connectivity index (χ2n) is 6.77. The summed E-state index contributed by atoms with van der Waals surface area (Å²) < 4.78 is 0. The number of aryl methyl sites for hydroxylation is 1. The van der Waals surface area contributed by atoms with Gasteiger partial charge in [0.2, 0.25) is 0 Å². The predicted octanol–water partition coefficient (Wildman–Crippen LogP) is 5.17. The van der Waals surface area contributed by atoms with E-state index >= 15 is 0 Å². The van der Waals surface area contributed by atoms with E-state index in [1.54, 1.807) is 0 Å². The van der Waals surface area contributed by atoms with E-state index in [1.165, 1.54) is 36.8 Å². The summed E-state index contributed by atoms with van der Waals surface area (Å²) in [5.41, 5.74) is 3.40. The number of benzene rings is 1. The molecule has 0 radical (unpaired) electrons. The lowest BCUT2D eigenvalue weighted by atomic mass is 9.77. The highest BCUT2D eigenvalue weighted by Crippen LogP contribution is 2.33. The van der Waals surface area contributed by atoms with Gasteiger partial charge in [-0.1, -0.05) is 44.9 Å². The molecule has 0 aliphatic heterocycles. The van der Waals surface area contributed by atoms with E-state index in [4.69, 9.17) is 4.98 Å².